The number of rotatable bonds is 6. The van der Waals surface area contributed by atoms with Crippen molar-refractivity contribution in [2.45, 2.75) is 84.0 Å². The van der Waals surface area contributed by atoms with E-state index in [0.717, 1.165) is 6.42 Å². The van der Waals surface area contributed by atoms with E-state index in [-0.39, 0.29) is 6.09 Å². The van der Waals surface area contributed by atoms with Crippen LogP contribution in [0, 0.1) is 5.92 Å². The minimum absolute atomic E-state index is 0.313. The maximum Gasteiger partial charge on any atom is 0.407 e. The summed E-state index contributed by atoms with van der Waals surface area (Å²) >= 11 is 0. The smallest absolute Gasteiger partial charge is 0.407 e. The summed E-state index contributed by atoms with van der Waals surface area (Å²) in [6.45, 7) is 13.3. The van der Waals surface area contributed by atoms with Crippen LogP contribution in [0.15, 0.2) is 0 Å². The highest BCUT2D eigenvalue weighted by molar-refractivity contribution is 5.67. The Balaban J connectivity index is 1.83. The van der Waals surface area contributed by atoms with E-state index >= 15 is 0 Å². The van der Waals surface area contributed by atoms with E-state index < -0.39 is 5.60 Å². The highest BCUT2D eigenvalue weighted by Crippen LogP contribution is 2.28. The Bertz CT molecular complexity index is 392. The lowest BCUT2D eigenvalue weighted by atomic mass is 10.00. The van der Waals surface area contributed by atoms with Crippen molar-refractivity contribution in [3.63, 3.8) is 0 Å². The second kappa shape index (κ2) is 7.84. The molecule has 0 bridgehead atoms. The summed E-state index contributed by atoms with van der Waals surface area (Å²) in [5.41, 5.74) is -0.444. The third kappa shape index (κ3) is 5.96. The number of carbonyl (C=O) groups is 1. The number of hydrogen-bond donors (Lipinski definition) is 2. The maximum absolute atomic E-state index is 11.9. The van der Waals surface area contributed by atoms with Gasteiger partial charge >= 0.3 is 6.09 Å². The molecular weight excluding hydrogens is 290 g/mol. The molecule has 5 heteroatoms. The average Bonchev–Trinajstić information content (AvgIpc) is 2.98. The molecule has 134 valence electrons. The van der Waals surface area contributed by atoms with E-state index in [9.17, 15) is 4.79 Å². The highest BCUT2D eigenvalue weighted by Gasteiger charge is 2.37. The minimum atomic E-state index is -0.444. The van der Waals surface area contributed by atoms with E-state index in [4.69, 9.17) is 4.74 Å². The number of nitrogens with zero attached hydrogens (tertiary/aromatic N) is 1. The lowest BCUT2D eigenvalue weighted by molar-refractivity contribution is 0.0519. The molecule has 2 rings (SSSR count). The Kier molecular flexibility index (Phi) is 6.32. The molecule has 5 nitrogen and oxygen atoms in total. The maximum atomic E-state index is 11.9. The van der Waals surface area contributed by atoms with Crippen molar-refractivity contribution in [1.82, 2.24) is 15.5 Å². The number of carbonyl (C=O) groups excluding carboxylic acids is 1. The zero-order chi connectivity index (χ0) is 17.0. The van der Waals surface area contributed by atoms with Crippen molar-refractivity contribution in [3.05, 3.63) is 0 Å². The van der Waals surface area contributed by atoms with Gasteiger partial charge in [-0.1, -0.05) is 13.8 Å². The molecule has 3 unspecified atom stereocenters. The van der Waals surface area contributed by atoms with Crippen molar-refractivity contribution >= 4 is 6.09 Å². The molecule has 0 radical (unpaired) electrons. The molecule has 1 amide bonds. The van der Waals surface area contributed by atoms with Gasteiger partial charge in [-0.05, 0) is 58.9 Å². The Labute approximate surface area is 141 Å². The van der Waals surface area contributed by atoms with Gasteiger partial charge in [0.15, 0.2) is 0 Å². The van der Waals surface area contributed by atoms with Gasteiger partial charge in [-0.15, -0.1) is 0 Å². The number of alkyl carbamates (subject to hydrolysis) is 1. The summed E-state index contributed by atoms with van der Waals surface area (Å²) in [7, 11) is 0. The lowest BCUT2D eigenvalue weighted by Gasteiger charge is -2.29. The molecule has 0 aromatic heterocycles. The van der Waals surface area contributed by atoms with Crippen LogP contribution in [0.1, 0.15) is 60.3 Å². The van der Waals surface area contributed by atoms with Crippen LogP contribution in [0.4, 0.5) is 4.79 Å². The van der Waals surface area contributed by atoms with Crippen LogP contribution >= 0.6 is 0 Å². The van der Waals surface area contributed by atoms with E-state index in [1.54, 1.807) is 0 Å². The van der Waals surface area contributed by atoms with Crippen molar-refractivity contribution in [2.75, 3.05) is 19.6 Å². The van der Waals surface area contributed by atoms with Crippen molar-refractivity contribution in [3.8, 4) is 0 Å². The van der Waals surface area contributed by atoms with Crippen LogP contribution in [-0.4, -0.2) is 54.4 Å². The van der Waals surface area contributed by atoms with Gasteiger partial charge < -0.3 is 15.4 Å². The Morgan fingerprint density at radius 1 is 1.26 bits per heavy atom. The summed E-state index contributed by atoms with van der Waals surface area (Å²) in [6, 6.07) is 1.58. The molecule has 2 N–H and O–H groups in total. The molecule has 0 aromatic rings. The molecule has 0 spiro atoms. The van der Waals surface area contributed by atoms with E-state index in [1.807, 2.05) is 20.8 Å². The first-order valence-electron chi connectivity index (χ1n) is 9.21. The monoisotopic (exact) mass is 325 g/mol. The minimum Gasteiger partial charge on any atom is -0.444 e. The Hall–Kier alpha value is -0.810. The molecule has 2 aliphatic rings. The number of hydrogen-bond acceptors (Lipinski definition) is 4. The fourth-order valence-electron chi connectivity index (χ4n) is 3.88. The second-order valence-corrected chi connectivity index (χ2v) is 8.52. The van der Waals surface area contributed by atoms with Gasteiger partial charge in [0, 0.05) is 31.2 Å². The number of ether oxygens (including phenoxy) is 1. The molecule has 2 aliphatic heterocycles. The highest BCUT2D eigenvalue weighted by atomic mass is 16.6. The molecule has 0 aliphatic carbocycles. The predicted octanol–water partition coefficient (Wildman–Crippen LogP) is 2.75. The first kappa shape index (κ1) is 18.5. The number of amides is 1. The SMILES string of the molecule is CC(C)CC(CNC(=O)OC(C)(C)C)NC1CCN2CCCC12. The third-order valence-corrected chi connectivity index (χ3v) is 4.70. The van der Waals surface area contributed by atoms with E-state index in [2.05, 4.69) is 29.4 Å². The van der Waals surface area contributed by atoms with Crippen LogP contribution in [0.2, 0.25) is 0 Å². The Morgan fingerprint density at radius 3 is 2.65 bits per heavy atom. The molecule has 2 fully saturated rings. The summed E-state index contributed by atoms with van der Waals surface area (Å²) in [6.07, 6.45) is 4.62. The standard InChI is InChI=1S/C18H35N3O2/c1-13(2)11-14(12-19-17(22)23-18(3,4)5)20-15-8-10-21-9-6-7-16(15)21/h13-16,20H,6-12H2,1-5H3,(H,19,22). The van der Waals surface area contributed by atoms with Crippen LogP contribution in [0.5, 0.6) is 0 Å². The predicted molar refractivity (Wildman–Crippen MR) is 93.6 cm³/mol. The van der Waals surface area contributed by atoms with Crippen LogP contribution in [-0.2, 0) is 4.74 Å². The lowest BCUT2D eigenvalue weighted by Crippen LogP contribution is -2.50. The first-order chi connectivity index (χ1) is 10.7. The zero-order valence-electron chi connectivity index (χ0n) is 15.5. The quantitative estimate of drug-likeness (QED) is 0.788. The zero-order valence-corrected chi connectivity index (χ0v) is 15.5. The number of fused-ring (bicyclic) bond motifs is 1. The van der Waals surface area contributed by atoms with Crippen LogP contribution in [0.25, 0.3) is 0 Å². The van der Waals surface area contributed by atoms with E-state index in [1.165, 1.54) is 32.4 Å². The molecule has 0 aromatic carbocycles. The van der Waals surface area contributed by atoms with Gasteiger partial charge in [-0.25, -0.2) is 4.79 Å². The van der Waals surface area contributed by atoms with Gasteiger partial charge in [-0.3, -0.25) is 4.90 Å². The molecule has 2 heterocycles. The molecule has 2 saturated heterocycles. The van der Waals surface area contributed by atoms with Gasteiger partial charge in [0.2, 0.25) is 0 Å². The number of nitrogens with one attached hydrogen (secondary N) is 2. The molecule has 3 atom stereocenters. The van der Waals surface area contributed by atoms with Crippen LogP contribution < -0.4 is 10.6 Å². The van der Waals surface area contributed by atoms with E-state index in [0.29, 0.717) is 30.6 Å². The first-order valence-corrected chi connectivity index (χ1v) is 9.21. The fourth-order valence-corrected chi connectivity index (χ4v) is 3.88. The molecular formula is C18H35N3O2. The largest absolute Gasteiger partial charge is 0.444 e. The topological polar surface area (TPSA) is 53.6 Å². The molecule has 0 saturated carbocycles. The summed E-state index contributed by atoms with van der Waals surface area (Å²) in [5.74, 6) is 0.606. The normalized spacial score (nSPS) is 26.3. The summed E-state index contributed by atoms with van der Waals surface area (Å²) in [5, 5.41) is 6.77. The van der Waals surface area contributed by atoms with Crippen molar-refractivity contribution < 1.29 is 9.53 Å². The molecule has 23 heavy (non-hydrogen) atoms. The second-order valence-electron chi connectivity index (χ2n) is 8.52. The van der Waals surface area contributed by atoms with Gasteiger partial charge in [0.1, 0.15) is 5.60 Å². The van der Waals surface area contributed by atoms with Crippen molar-refractivity contribution in [2.24, 2.45) is 5.92 Å². The third-order valence-electron chi connectivity index (χ3n) is 4.70. The average molecular weight is 325 g/mol. The van der Waals surface area contributed by atoms with Crippen LogP contribution in [0.3, 0.4) is 0 Å². The summed E-state index contributed by atoms with van der Waals surface area (Å²) in [4.78, 5) is 14.5. The fraction of sp³-hybridized carbons (Fsp3) is 0.944. The summed E-state index contributed by atoms with van der Waals surface area (Å²) < 4.78 is 5.35. The Morgan fingerprint density at radius 2 is 2.00 bits per heavy atom. The van der Waals surface area contributed by atoms with Gasteiger partial charge in [0.05, 0.1) is 0 Å². The van der Waals surface area contributed by atoms with Gasteiger partial charge in [0.25, 0.3) is 0 Å². The van der Waals surface area contributed by atoms with Crippen molar-refractivity contribution in [1.29, 1.82) is 0 Å². The van der Waals surface area contributed by atoms with Gasteiger partial charge in [-0.2, -0.15) is 0 Å².